The largest absolute Gasteiger partial charge is 0.863 e. The van der Waals surface area contributed by atoms with Crippen LogP contribution >= 0.6 is 11.5 Å². The molecule has 154 valence electrons. The topological polar surface area (TPSA) is 181 Å². The summed E-state index contributed by atoms with van der Waals surface area (Å²) in [5, 5.41) is 46.4. The van der Waals surface area contributed by atoms with Gasteiger partial charge in [-0.2, -0.15) is 0 Å². The van der Waals surface area contributed by atoms with E-state index >= 15 is 0 Å². The highest BCUT2D eigenvalue weighted by Gasteiger charge is 2.29. The SMILES string of the molecule is CNc1snc2[n+]1Cc1ccccc1-2.O=[N+]([O-])c1cc([N+](=O)[O-])c([O-])c([N+](=O)[O-])c1. The average Bonchev–Trinajstić information content (AvgIpc) is 3.26. The molecular formula is C16H12N6O7S. The van der Waals surface area contributed by atoms with E-state index in [0.717, 1.165) is 17.5 Å². The van der Waals surface area contributed by atoms with Gasteiger partial charge in [-0.05, 0) is 10.4 Å². The number of hydrogen-bond acceptors (Lipinski definition) is 10. The van der Waals surface area contributed by atoms with Crippen LogP contribution < -0.4 is 15.0 Å². The minimum absolute atomic E-state index is 0.384. The molecular weight excluding hydrogens is 420 g/mol. The number of non-ortho nitro benzene ring substituents is 1. The van der Waals surface area contributed by atoms with Gasteiger partial charge >= 0.3 is 5.13 Å². The number of nitro groups is 3. The molecule has 0 amide bonds. The van der Waals surface area contributed by atoms with Gasteiger partial charge in [0.25, 0.3) is 22.9 Å². The molecule has 0 spiro atoms. The zero-order chi connectivity index (χ0) is 22.0. The minimum Gasteiger partial charge on any atom is -0.863 e. The first-order chi connectivity index (χ1) is 14.2. The van der Waals surface area contributed by atoms with Crippen molar-refractivity contribution in [2.75, 3.05) is 12.4 Å². The lowest BCUT2D eigenvalue weighted by Gasteiger charge is -2.06. The predicted octanol–water partition coefficient (Wildman–Crippen LogP) is 1.99. The van der Waals surface area contributed by atoms with Crippen molar-refractivity contribution in [2.24, 2.45) is 0 Å². The fourth-order valence-corrected chi connectivity index (χ4v) is 3.52. The summed E-state index contributed by atoms with van der Waals surface area (Å²) in [7, 11) is 1.93. The summed E-state index contributed by atoms with van der Waals surface area (Å²) in [6, 6.07) is 9.20. The molecule has 1 aliphatic rings. The van der Waals surface area contributed by atoms with Gasteiger partial charge in [0.15, 0.2) is 0 Å². The van der Waals surface area contributed by atoms with Gasteiger partial charge in [-0.3, -0.25) is 35.7 Å². The summed E-state index contributed by atoms with van der Waals surface area (Å²) in [6.07, 6.45) is 0. The number of nitrogens with zero attached hydrogens (tertiary/aromatic N) is 5. The van der Waals surface area contributed by atoms with E-state index < -0.39 is 37.6 Å². The molecule has 0 aliphatic carbocycles. The molecule has 4 rings (SSSR count). The first-order valence-electron chi connectivity index (χ1n) is 8.18. The average molecular weight is 432 g/mol. The Morgan fingerprint density at radius 1 is 1.03 bits per heavy atom. The molecule has 0 fully saturated rings. The van der Waals surface area contributed by atoms with Crippen LogP contribution in [0.2, 0.25) is 0 Å². The molecule has 0 saturated heterocycles. The molecule has 1 aromatic heterocycles. The monoisotopic (exact) mass is 432 g/mol. The van der Waals surface area contributed by atoms with Crippen molar-refractivity contribution >= 4 is 33.7 Å². The van der Waals surface area contributed by atoms with E-state index in [4.69, 9.17) is 0 Å². The third kappa shape index (κ3) is 3.70. The Balaban J connectivity index is 0.000000171. The van der Waals surface area contributed by atoms with Gasteiger partial charge in [-0.15, -0.1) is 0 Å². The summed E-state index contributed by atoms with van der Waals surface area (Å²) >= 11 is 1.52. The van der Waals surface area contributed by atoms with E-state index in [0.29, 0.717) is 12.1 Å². The van der Waals surface area contributed by atoms with Crippen LogP contribution in [0, 0.1) is 30.3 Å². The molecule has 0 unspecified atom stereocenters. The highest BCUT2D eigenvalue weighted by molar-refractivity contribution is 7.09. The number of anilines is 1. The Morgan fingerprint density at radius 3 is 2.17 bits per heavy atom. The molecule has 0 atom stereocenters. The molecule has 2 aromatic carbocycles. The van der Waals surface area contributed by atoms with Crippen LogP contribution in [0.4, 0.5) is 22.2 Å². The number of nitro benzene ring substituents is 3. The van der Waals surface area contributed by atoms with Crippen LogP contribution in [0.5, 0.6) is 5.75 Å². The van der Waals surface area contributed by atoms with Crippen molar-refractivity contribution in [3.05, 3.63) is 72.3 Å². The fraction of sp³-hybridized carbons (Fsp3) is 0.125. The number of benzene rings is 2. The summed E-state index contributed by atoms with van der Waals surface area (Å²) in [6.45, 7) is 0.943. The molecule has 2 heterocycles. The van der Waals surface area contributed by atoms with Crippen LogP contribution in [-0.4, -0.2) is 26.2 Å². The predicted molar refractivity (Wildman–Crippen MR) is 102 cm³/mol. The zero-order valence-electron chi connectivity index (χ0n) is 15.2. The van der Waals surface area contributed by atoms with Crippen molar-refractivity contribution < 1.29 is 24.4 Å². The molecule has 14 heteroatoms. The van der Waals surface area contributed by atoms with Gasteiger partial charge in [0.05, 0.1) is 51.8 Å². The third-order valence-corrected chi connectivity index (χ3v) is 5.02. The van der Waals surface area contributed by atoms with Crippen molar-refractivity contribution in [2.45, 2.75) is 6.54 Å². The first-order valence-corrected chi connectivity index (χ1v) is 8.95. The van der Waals surface area contributed by atoms with Crippen LogP contribution in [-0.2, 0) is 6.54 Å². The Bertz CT molecular complexity index is 1140. The lowest BCUT2D eigenvalue weighted by Crippen LogP contribution is -2.32. The molecule has 0 bridgehead atoms. The first kappa shape index (κ1) is 20.5. The fourth-order valence-electron chi connectivity index (χ4n) is 2.81. The Hall–Kier alpha value is -4.20. The van der Waals surface area contributed by atoms with E-state index in [1.807, 2.05) is 7.05 Å². The van der Waals surface area contributed by atoms with Crippen molar-refractivity contribution in [3.8, 4) is 17.1 Å². The quantitative estimate of drug-likeness (QED) is 0.286. The van der Waals surface area contributed by atoms with Crippen molar-refractivity contribution in [1.82, 2.24) is 4.37 Å². The molecule has 30 heavy (non-hydrogen) atoms. The molecule has 13 nitrogen and oxygen atoms in total. The number of nitrogens with one attached hydrogen (secondary N) is 1. The van der Waals surface area contributed by atoms with E-state index in [2.05, 4.69) is 38.5 Å². The number of fused-ring (bicyclic) bond motifs is 3. The second-order valence-corrected chi connectivity index (χ2v) is 6.64. The van der Waals surface area contributed by atoms with E-state index in [1.54, 1.807) is 0 Å². The van der Waals surface area contributed by atoms with Gasteiger partial charge < -0.3 is 5.11 Å². The van der Waals surface area contributed by atoms with Crippen molar-refractivity contribution in [1.29, 1.82) is 0 Å². The van der Waals surface area contributed by atoms with Gasteiger partial charge in [0.1, 0.15) is 11.5 Å². The van der Waals surface area contributed by atoms with Crippen LogP contribution in [0.25, 0.3) is 11.4 Å². The maximum Gasteiger partial charge on any atom is 0.314 e. The Kier molecular flexibility index (Phi) is 5.50. The minimum atomic E-state index is -1.46. The molecule has 1 aliphatic heterocycles. The number of rotatable bonds is 4. The van der Waals surface area contributed by atoms with Gasteiger partial charge in [0.2, 0.25) is 0 Å². The second kappa shape index (κ2) is 8.04. The summed E-state index contributed by atoms with van der Waals surface area (Å²) in [5.74, 6) is -0.365. The lowest BCUT2D eigenvalue weighted by molar-refractivity contribution is -0.655. The van der Waals surface area contributed by atoms with E-state index in [1.165, 1.54) is 22.7 Å². The van der Waals surface area contributed by atoms with Gasteiger partial charge in [-0.1, -0.05) is 18.2 Å². The van der Waals surface area contributed by atoms with Crippen LogP contribution in [0.3, 0.4) is 0 Å². The normalized spacial score (nSPS) is 11.0. The highest BCUT2D eigenvalue weighted by atomic mass is 32.1. The van der Waals surface area contributed by atoms with Crippen LogP contribution in [0.15, 0.2) is 36.4 Å². The van der Waals surface area contributed by atoms with Crippen LogP contribution in [0.1, 0.15) is 5.56 Å². The maximum atomic E-state index is 11.1. The van der Waals surface area contributed by atoms with E-state index in [9.17, 15) is 35.4 Å². The number of hydrogen-bond donors (Lipinski definition) is 1. The molecule has 1 N–H and O–H groups in total. The van der Waals surface area contributed by atoms with Gasteiger partial charge in [0, 0.05) is 5.56 Å². The maximum absolute atomic E-state index is 11.1. The Labute approximate surface area is 171 Å². The van der Waals surface area contributed by atoms with Gasteiger partial charge in [-0.25, -0.2) is 4.57 Å². The van der Waals surface area contributed by atoms with Crippen molar-refractivity contribution in [3.63, 3.8) is 0 Å². The summed E-state index contributed by atoms with van der Waals surface area (Å²) < 4.78 is 6.67. The second-order valence-electron chi connectivity index (χ2n) is 5.89. The lowest BCUT2D eigenvalue weighted by atomic mass is 10.1. The third-order valence-electron chi connectivity index (χ3n) is 4.16. The zero-order valence-corrected chi connectivity index (χ0v) is 16.0. The number of aromatic nitrogens is 2. The molecule has 3 aromatic rings. The standard InChI is InChI=1S/C10H9N3S.C6H3N3O7/c1-11-10-13-6-7-4-2-3-5-8(7)9(13)12-14-10;10-6-4(8(13)14)1-3(7(11)12)2-5(6)9(15)16/h2-5H,6H2,1H3;1-2,10H. The summed E-state index contributed by atoms with van der Waals surface area (Å²) in [5.41, 5.74) is -0.635. The Morgan fingerprint density at radius 2 is 1.63 bits per heavy atom. The van der Waals surface area contributed by atoms with E-state index in [-0.39, 0.29) is 0 Å². The molecule has 0 radical (unpaired) electrons. The summed E-state index contributed by atoms with van der Waals surface area (Å²) in [4.78, 5) is 27.5. The molecule has 0 saturated carbocycles. The smallest absolute Gasteiger partial charge is 0.314 e. The highest BCUT2D eigenvalue weighted by Crippen LogP contribution is 2.36.